The van der Waals surface area contributed by atoms with E-state index in [9.17, 15) is 4.21 Å². The molecule has 5 heteroatoms. The van der Waals surface area contributed by atoms with E-state index in [1.807, 2.05) is 39.8 Å². The molecule has 0 aromatic heterocycles. The molecule has 0 heterocycles. The Hall–Kier alpha value is -1.20. The van der Waals surface area contributed by atoms with Crippen molar-refractivity contribution in [2.45, 2.75) is 57.2 Å². The van der Waals surface area contributed by atoms with Gasteiger partial charge in [0.15, 0.2) is 0 Å². The van der Waals surface area contributed by atoms with Crippen molar-refractivity contribution < 1.29 is 8.95 Å². The van der Waals surface area contributed by atoms with Crippen LogP contribution in [0.2, 0.25) is 0 Å². The number of ether oxygens (including phenoxy) is 1. The van der Waals surface area contributed by atoms with Crippen LogP contribution in [-0.2, 0) is 11.0 Å². The third-order valence-corrected chi connectivity index (χ3v) is 5.83. The smallest absolute Gasteiger partial charge is 0.122 e. The van der Waals surface area contributed by atoms with Crippen LogP contribution in [0.4, 0.5) is 0 Å². The summed E-state index contributed by atoms with van der Waals surface area (Å²) in [6, 6.07) is 5.99. The highest BCUT2D eigenvalue weighted by atomic mass is 32.2. The van der Waals surface area contributed by atoms with Crippen molar-refractivity contribution >= 4 is 16.7 Å². The van der Waals surface area contributed by atoms with E-state index in [-0.39, 0.29) is 16.7 Å². The number of hydrogen-bond donors (Lipinski definition) is 2. The third kappa shape index (κ3) is 3.41. The second-order valence-corrected chi connectivity index (χ2v) is 8.82. The maximum Gasteiger partial charge on any atom is 0.122 e. The minimum absolute atomic E-state index is 0.0265. The maximum atomic E-state index is 12.4. The second kappa shape index (κ2) is 6.50. The summed E-state index contributed by atoms with van der Waals surface area (Å²) in [7, 11) is 0.535. The molecule has 1 aliphatic carbocycles. The van der Waals surface area contributed by atoms with Crippen molar-refractivity contribution in [1.29, 1.82) is 5.41 Å². The summed E-state index contributed by atoms with van der Waals surface area (Å²) in [6.07, 6.45) is 1.60. The molecule has 1 fully saturated rings. The van der Waals surface area contributed by atoms with Crippen LogP contribution < -0.4 is 9.46 Å². The fraction of sp³-hybridized carbons (Fsp3) is 0.588. The standard InChI is InChI=1S/C17H26N2O2S/c1-11-12(7-6-8-15(11)21-5)16-13(18)9-10-14(16)19-22(20)17(2,3)4/h6-8,14,16,18-19H,9-10H2,1-5H3/t14-,16+,22?/m1/s1. The Kier molecular flexibility index (Phi) is 5.07. The number of hydrogen-bond acceptors (Lipinski definition) is 3. The summed E-state index contributed by atoms with van der Waals surface area (Å²) in [6.45, 7) is 7.91. The number of nitrogens with one attached hydrogen (secondary N) is 2. The molecular weight excluding hydrogens is 296 g/mol. The lowest BCUT2D eigenvalue weighted by Gasteiger charge is -2.27. The highest BCUT2D eigenvalue weighted by Gasteiger charge is 2.36. The Labute approximate surface area is 135 Å². The molecule has 0 aliphatic heterocycles. The summed E-state index contributed by atoms with van der Waals surface area (Å²) < 4.78 is 20.8. The highest BCUT2D eigenvalue weighted by molar-refractivity contribution is 7.84. The van der Waals surface area contributed by atoms with Gasteiger partial charge in [-0.2, -0.15) is 0 Å². The molecule has 2 rings (SSSR count). The molecule has 1 aromatic carbocycles. The zero-order valence-corrected chi connectivity index (χ0v) is 14.8. The molecule has 0 bridgehead atoms. The van der Waals surface area contributed by atoms with Gasteiger partial charge in [0.2, 0.25) is 0 Å². The van der Waals surface area contributed by atoms with Crippen molar-refractivity contribution in [3.8, 4) is 5.75 Å². The molecule has 2 N–H and O–H groups in total. The van der Waals surface area contributed by atoms with Gasteiger partial charge in [-0.15, -0.1) is 0 Å². The van der Waals surface area contributed by atoms with Gasteiger partial charge in [-0.1, -0.05) is 12.1 Å². The first-order valence-corrected chi connectivity index (χ1v) is 8.79. The topological polar surface area (TPSA) is 62.2 Å². The minimum Gasteiger partial charge on any atom is -0.496 e. The van der Waals surface area contributed by atoms with Crippen LogP contribution in [0.1, 0.15) is 50.7 Å². The number of methoxy groups -OCH3 is 1. The van der Waals surface area contributed by atoms with Gasteiger partial charge in [-0.05, 0) is 57.7 Å². The first-order chi connectivity index (χ1) is 10.3. The van der Waals surface area contributed by atoms with E-state index in [0.29, 0.717) is 5.71 Å². The summed E-state index contributed by atoms with van der Waals surface area (Å²) in [4.78, 5) is 0. The molecular formula is C17H26N2O2S. The summed E-state index contributed by atoms with van der Waals surface area (Å²) in [5.74, 6) is 0.814. The van der Waals surface area contributed by atoms with E-state index in [1.165, 1.54) is 0 Å². The molecule has 22 heavy (non-hydrogen) atoms. The number of rotatable bonds is 4. The normalized spacial score (nSPS) is 23.6. The van der Waals surface area contributed by atoms with Gasteiger partial charge in [-0.3, -0.25) is 0 Å². The Morgan fingerprint density at radius 2 is 2.05 bits per heavy atom. The maximum absolute atomic E-state index is 12.4. The zero-order valence-electron chi connectivity index (χ0n) is 14.0. The van der Waals surface area contributed by atoms with E-state index in [4.69, 9.17) is 10.1 Å². The van der Waals surface area contributed by atoms with Gasteiger partial charge < -0.3 is 10.1 Å². The van der Waals surface area contributed by atoms with Crippen LogP contribution in [0.25, 0.3) is 0 Å². The predicted molar refractivity (Wildman–Crippen MR) is 92.3 cm³/mol. The molecule has 0 radical (unpaired) electrons. The average Bonchev–Trinajstić information content (AvgIpc) is 2.79. The molecule has 0 spiro atoms. The van der Waals surface area contributed by atoms with Crippen LogP contribution >= 0.6 is 0 Å². The lowest BCUT2D eigenvalue weighted by Crippen LogP contribution is -2.41. The molecule has 4 nitrogen and oxygen atoms in total. The van der Waals surface area contributed by atoms with Gasteiger partial charge >= 0.3 is 0 Å². The van der Waals surface area contributed by atoms with Crippen molar-refractivity contribution in [3.63, 3.8) is 0 Å². The molecule has 1 aromatic rings. The van der Waals surface area contributed by atoms with Gasteiger partial charge in [-0.25, -0.2) is 8.93 Å². The Balaban J connectivity index is 2.31. The van der Waals surface area contributed by atoms with E-state index in [0.717, 1.165) is 29.7 Å². The predicted octanol–water partition coefficient (Wildman–Crippen LogP) is 3.32. The summed E-state index contributed by atoms with van der Waals surface area (Å²) in [5, 5.41) is 8.32. The van der Waals surface area contributed by atoms with Crippen LogP contribution in [0.3, 0.4) is 0 Å². The Morgan fingerprint density at radius 1 is 1.36 bits per heavy atom. The third-order valence-electron chi connectivity index (χ3n) is 4.20. The largest absolute Gasteiger partial charge is 0.496 e. The van der Waals surface area contributed by atoms with Gasteiger partial charge in [0.05, 0.1) is 22.8 Å². The summed E-state index contributed by atoms with van der Waals surface area (Å²) >= 11 is 0. The van der Waals surface area contributed by atoms with E-state index in [1.54, 1.807) is 7.11 Å². The van der Waals surface area contributed by atoms with Crippen molar-refractivity contribution in [1.82, 2.24) is 4.72 Å². The monoisotopic (exact) mass is 322 g/mol. The van der Waals surface area contributed by atoms with Gasteiger partial charge in [0, 0.05) is 17.7 Å². The van der Waals surface area contributed by atoms with Crippen LogP contribution in [0.5, 0.6) is 5.75 Å². The molecule has 0 amide bonds. The highest BCUT2D eigenvalue weighted by Crippen LogP contribution is 2.37. The Morgan fingerprint density at radius 3 is 2.64 bits per heavy atom. The molecule has 3 atom stereocenters. The molecule has 122 valence electrons. The Bertz CT molecular complexity index is 593. The second-order valence-electron chi connectivity index (χ2n) is 6.82. The molecule has 1 saturated carbocycles. The first kappa shape index (κ1) is 17.2. The quantitative estimate of drug-likeness (QED) is 0.893. The molecule has 1 aliphatic rings. The van der Waals surface area contributed by atoms with Crippen LogP contribution in [-0.4, -0.2) is 27.8 Å². The number of benzene rings is 1. The lowest BCUT2D eigenvalue weighted by molar-refractivity contribution is 0.410. The lowest BCUT2D eigenvalue weighted by atomic mass is 9.89. The average molecular weight is 322 g/mol. The summed E-state index contributed by atoms with van der Waals surface area (Å²) in [5.41, 5.74) is 2.88. The van der Waals surface area contributed by atoms with Gasteiger partial charge in [0.25, 0.3) is 0 Å². The van der Waals surface area contributed by atoms with Gasteiger partial charge in [0.1, 0.15) is 5.75 Å². The van der Waals surface area contributed by atoms with E-state index in [2.05, 4.69) is 10.8 Å². The van der Waals surface area contributed by atoms with E-state index < -0.39 is 11.0 Å². The van der Waals surface area contributed by atoms with Crippen molar-refractivity contribution in [2.24, 2.45) is 0 Å². The molecule has 1 unspecified atom stereocenters. The van der Waals surface area contributed by atoms with E-state index >= 15 is 0 Å². The minimum atomic E-state index is -1.13. The van der Waals surface area contributed by atoms with Crippen molar-refractivity contribution in [2.75, 3.05) is 7.11 Å². The van der Waals surface area contributed by atoms with Crippen molar-refractivity contribution in [3.05, 3.63) is 29.3 Å². The SMILES string of the molecule is COc1cccc([C@H]2C(=N)CC[C@H]2NS(=O)C(C)(C)C)c1C. The molecule has 0 saturated heterocycles. The fourth-order valence-electron chi connectivity index (χ4n) is 2.91. The zero-order chi connectivity index (χ0) is 16.5. The van der Waals surface area contributed by atoms with Crippen LogP contribution in [0.15, 0.2) is 18.2 Å². The van der Waals surface area contributed by atoms with Crippen LogP contribution in [0, 0.1) is 12.3 Å². The fourth-order valence-corrected chi connectivity index (χ4v) is 3.79. The first-order valence-electron chi connectivity index (χ1n) is 7.64.